The molecule has 0 saturated heterocycles. The molecule has 25 heavy (non-hydrogen) atoms. The smallest absolute Gasteiger partial charge is 0.277 e. The summed E-state index contributed by atoms with van der Waals surface area (Å²) in [5.41, 5.74) is 4.17. The Kier molecular flexibility index (Phi) is 5.08. The highest BCUT2D eigenvalue weighted by Crippen LogP contribution is 2.41. The van der Waals surface area contributed by atoms with Gasteiger partial charge in [-0.15, -0.1) is 0 Å². The van der Waals surface area contributed by atoms with Gasteiger partial charge in [0.05, 0.1) is 6.21 Å². The molecule has 0 spiro atoms. The molecular weight excluding hydrogens is 384 g/mol. The van der Waals surface area contributed by atoms with Crippen LogP contribution in [-0.2, 0) is 11.2 Å². The fraction of sp³-hybridized carbons (Fsp3) is 0.263. The first-order valence-corrected chi connectivity index (χ1v) is 8.74. The van der Waals surface area contributed by atoms with Gasteiger partial charge in [-0.1, -0.05) is 46.3 Å². The lowest BCUT2D eigenvalue weighted by atomic mass is 10.0. The van der Waals surface area contributed by atoms with Crippen LogP contribution >= 0.6 is 15.9 Å². The third kappa shape index (κ3) is 4.39. The quantitative estimate of drug-likeness (QED) is 0.612. The first kappa shape index (κ1) is 17.5. The van der Waals surface area contributed by atoms with E-state index in [4.69, 9.17) is 9.47 Å². The number of hydrazone groups is 1. The number of rotatable bonds is 5. The van der Waals surface area contributed by atoms with E-state index in [-0.39, 0.29) is 18.1 Å². The summed E-state index contributed by atoms with van der Waals surface area (Å²) in [4.78, 5) is 11.9. The van der Waals surface area contributed by atoms with Gasteiger partial charge in [0.2, 0.25) is 0 Å². The molecule has 2 aromatic rings. The molecular formula is C19H19BrN2O3. The van der Waals surface area contributed by atoms with Crippen LogP contribution in [0.15, 0.2) is 52.0 Å². The molecule has 3 rings (SSSR count). The second-order valence-corrected chi connectivity index (χ2v) is 7.24. The number of hydrogen-bond acceptors (Lipinski definition) is 4. The van der Waals surface area contributed by atoms with Crippen molar-refractivity contribution >= 4 is 28.1 Å². The average Bonchev–Trinajstić information content (AvgIpc) is 2.89. The number of halogens is 1. The van der Waals surface area contributed by atoms with Crippen LogP contribution in [0.1, 0.15) is 25.0 Å². The van der Waals surface area contributed by atoms with E-state index in [0.717, 1.165) is 27.8 Å². The van der Waals surface area contributed by atoms with Gasteiger partial charge in [0.1, 0.15) is 5.60 Å². The van der Waals surface area contributed by atoms with Gasteiger partial charge in [-0.3, -0.25) is 4.79 Å². The molecule has 0 unspecified atom stereocenters. The normalized spacial score (nSPS) is 14.8. The largest absolute Gasteiger partial charge is 0.483 e. The summed E-state index contributed by atoms with van der Waals surface area (Å²) in [6.45, 7) is 3.92. The minimum absolute atomic E-state index is 0.131. The number of carbonyl (C=O) groups is 1. The molecule has 5 nitrogen and oxygen atoms in total. The van der Waals surface area contributed by atoms with Crippen LogP contribution in [0.2, 0.25) is 0 Å². The molecule has 0 aromatic heterocycles. The summed E-state index contributed by atoms with van der Waals surface area (Å²) >= 11 is 3.42. The Hall–Kier alpha value is -2.34. The fourth-order valence-electron chi connectivity index (χ4n) is 2.63. The Morgan fingerprint density at radius 3 is 2.92 bits per heavy atom. The van der Waals surface area contributed by atoms with Gasteiger partial charge in [0.25, 0.3) is 5.91 Å². The molecule has 0 bridgehead atoms. The molecule has 1 aliphatic rings. The number of fused-ring (bicyclic) bond motifs is 1. The summed E-state index contributed by atoms with van der Waals surface area (Å²) < 4.78 is 12.4. The Bertz CT molecular complexity index is 818. The van der Waals surface area contributed by atoms with Gasteiger partial charge in [-0.2, -0.15) is 5.10 Å². The van der Waals surface area contributed by atoms with Crippen LogP contribution in [0.4, 0.5) is 0 Å². The van der Waals surface area contributed by atoms with Gasteiger partial charge >= 0.3 is 0 Å². The highest BCUT2D eigenvalue weighted by Gasteiger charge is 2.32. The highest BCUT2D eigenvalue weighted by molar-refractivity contribution is 9.10. The van der Waals surface area contributed by atoms with Crippen molar-refractivity contribution in [2.24, 2.45) is 5.10 Å². The molecule has 0 fully saturated rings. The van der Waals surface area contributed by atoms with Crippen LogP contribution in [-0.4, -0.2) is 24.3 Å². The maximum atomic E-state index is 11.9. The third-order valence-electron chi connectivity index (χ3n) is 3.71. The van der Waals surface area contributed by atoms with Crippen LogP contribution in [0.25, 0.3) is 0 Å². The van der Waals surface area contributed by atoms with Crippen molar-refractivity contribution < 1.29 is 14.3 Å². The molecule has 2 aromatic carbocycles. The van der Waals surface area contributed by atoms with Crippen molar-refractivity contribution in [3.8, 4) is 11.5 Å². The topological polar surface area (TPSA) is 59.9 Å². The maximum absolute atomic E-state index is 11.9. The zero-order chi connectivity index (χ0) is 17.9. The van der Waals surface area contributed by atoms with E-state index >= 15 is 0 Å². The number of nitrogens with zero attached hydrogens (tertiary/aromatic N) is 1. The molecule has 1 aliphatic heterocycles. The molecule has 1 amide bonds. The number of nitrogens with one attached hydrogen (secondary N) is 1. The van der Waals surface area contributed by atoms with Gasteiger partial charge in [0, 0.05) is 22.0 Å². The fourth-order valence-corrected chi connectivity index (χ4v) is 3.02. The molecule has 0 radical (unpaired) electrons. The van der Waals surface area contributed by atoms with E-state index < -0.39 is 0 Å². The SMILES string of the molecule is CC1(C)Cc2cccc(OCC(=O)N/N=C/c3ccccc3Br)c2O1. The molecule has 1 N–H and O–H groups in total. The molecule has 130 valence electrons. The Morgan fingerprint density at radius 2 is 2.12 bits per heavy atom. The van der Waals surface area contributed by atoms with E-state index in [1.807, 2.05) is 50.2 Å². The molecule has 0 saturated carbocycles. The number of amides is 1. The van der Waals surface area contributed by atoms with Gasteiger partial charge in [0.15, 0.2) is 18.1 Å². The summed E-state index contributed by atoms with van der Waals surface area (Å²) in [5.74, 6) is 0.961. The number of hydrogen-bond donors (Lipinski definition) is 1. The Morgan fingerprint density at radius 1 is 1.32 bits per heavy atom. The highest BCUT2D eigenvalue weighted by atomic mass is 79.9. The number of para-hydroxylation sites is 1. The second kappa shape index (κ2) is 7.27. The summed E-state index contributed by atoms with van der Waals surface area (Å²) in [6, 6.07) is 13.3. The predicted octanol–water partition coefficient (Wildman–Crippen LogP) is 3.69. The zero-order valence-corrected chi connectivity index (χ0v) is 15.7. The van der Waals surface area contributed by atoms with E-state index in [0.29, 0.717) is 5.75 Å². The first-order chi connectivity index (χ1) is 11.9. The molecule has 1 heterocycles. The van der Waals surface area contributed by atoms with E-state index in [2.05, 4.69) is 26.5 Å². The van der Waals surface area contributed by atoms with E-state index in [1.165, 1.54) is 0 Å². The minimum Gasteiger partial charge on any atom is -0.483 e. The lowest BCUT2D eigenvalue weighted by molar-refractivity contribution is -0.123. The first-order valence-electron chi connectivity index (χ1n) is 7.95. The second-order valence-electron chi connectivity index (χ2n) is 6.39. The minimum atomic E-state index is -0.335. The molecule has 6 heteroatoms. The van der Waals surface area contributed by atoms with E-state index in [1.54, 1.807) is 12.3 Å². The third-order valence-corrected chi connectivity index (χ3v) is 4.43. The lowest BCUT2D eigenvalue weighted by Crippen LogP contribution is -2.26. The van der Waals surface area contributed by atoms with Gasteiger partial charge < -0.3 is 9.47 Å². The van der Waals surface area contributed by atoms with Crippen molar-refractivity contribution in [3.63, 3.8) is 0 Å². The Balaban J connectivity index is 1.56. The summed E-state index contributed by atoms with van der Waals surface area (Å²) in [6.07, 6.45) is 2.40. The predicted molar refractivity (Wildman–Crippen MR) is 100 cm³/mol. The van der Waals surface area contributed by atoms with Gasteiger partial charge in [-0.25, -0.2) is 5.43 Å². The van der Waals surface area contributed by atoms with Crippen molar-refractivity contribution in [2.45, 2.75) is 25.9 Å². The van der Waals surface area contributed by atoms with Crippen LogP contribution < -0.4 is 14.9 Å². The molecule has 0 aliphatic carbocycles. The lowest BCUT2D eigenvalue weighted by Gasteiger charge is -2.18. The monoisotopic (exact) mass is 402 g/mol. The van der Waals surface area contributed by atoms with Crippen molar-refractivity contribution in [1.82, 2.24) is 5.43 Å². The standard InChI is InChI=1S/C19H19BrN2O3/c1-19(2)10-13-7-5-9-16(18(13)25-19)24-12-17(23)22-21-11-14-6-3-4-8-15(14)20/h3-9,11H,10,12H2,1-2H3,(H,22,23)/b21-11+. The van der Waals surface area contributed by atoms with Crippen LogP contribution in [0, 0.1) is 0 Å². The van der Waals surface area contributed by atoms with Crippen LogP contribution in [0.5, 0.6) is 11.5 Å². The van der Waals surface area contributed by atoms with Crippen molar-refractivity contribution in [1.29, 1.82) is 0 Å². The van der Waals surface area contributed by atoms with Crippen LogP contribution in [0.3, 0.4) is 0 Å². The van der Waals surface area contributed by atoms with Crippen molar-refractivity contribution in [2.75, 3.05) is 6.61 Å². The number of carbonyl (C=O) groups excluding carboxylic acids is 1. The summed E-state index contributed by atoms with van der Waals surface area (Å²) in [5, 5.41) is 3.94. The summed E-state index contributed by atoms with van der Waals surface area (Å²) in [7, 11) is 0. The number of benzene rings is 2. The number of ether oxygens (including phenoxy) is 2. The maximum Gasteiger partial charge on any atom is 0.277 e. The average molecular weight is 403 g/mol. The Labute approximate surface area is 155 Å². The molecule has 0 atom stereocenters. The van der Waals surface area contributed by atoms with E-state index in [9.17, 15) is 4.79 Å². The van der Waals surface area contributed by atoms with Gasteiger partial charge in [-0.05, 0) is 26.0 Å². The van der Waals surface area contributed by atoms with Crippen molar-refractivity contribution in [3.05, 3.63) is 58.1 Å². The zero-order valence-electron chi connectivity index (χ0n) is 14.1.